The maximum absolute atomic E-state index is 11.8. The van der Waals surface area contributed by atoms with Crippen LogP contribution < -0.4 is 10.1 Å². The highest BCUT2D eigenvalue weighted by molar-refractivity contribution is 5.92. The molecule has 0 saturated heterocycles. The molecule has 0 atom stereocenters. The molecule has 2 N–H and O–H groups in total. The Kier molecular flexibility index (Phi) is 4.02. The third kappa shape index (κ3) is 2.91. The first kappa shape index (κ1) is 12.2. The van der Waals surface area contributed by atoms with Gasteiger partial charge in [-0.25, -0.2) is 0 Å². The number of amides is 1. The van der Waals surface area contributed by atoms with Gasteiger partial charge in [-0.15, -0.1) is 0 Å². The van der Waals surface area contributed by atoms with Crippen molar-refractivity contribution in [1.29, 1.82) is 0 Å². The van der Waals surface area contributed by atoms with E-state index in [1.54, 1.807) is 18.3 Å². The lowest BCUT2D eigenvalue weighted by Crippen LogP contribution is -2.23. The van der Waals surface area contributed by atoms with Crippen LogP contribution in [0, 0.1) is 0 Å². The summed E-state index contributed by atoms with van der Waals surface area (Å²) in [5.41, 5.74) is 1.53. The summed E-state index contributed by atoms with van der Waals surface area (Å²) in [6, 6.07) is 11.2. The lowest BCUT2D eigenvalue weighted by molar-refractivity contribution is 0.0946. The number of H-pyrrole nitrogens is 1. The van der Waals surface area contributed by atoms with Crippen molar-refractivity contribution >= 4 is 5.91 Å². The maximum atomic E-state index is 11.8. The number of carbonyl (C=O) groups excluding carboxylic acids is 1. The molecular formula is C14H16N2O2. The Labute approximate surface area is 106 Å². The summed E-state index contributed by atoms with van der Waals surface area (Å²) in [4.78, 5) is 14.6. The van der Waals surface area contributed by atoms with E-state index in [9.17, 15) is 4.79 Å². The summed E-state index contributed by atoms with van der Waals surface area (Å²) in [6.07, 6.45) is 1.73. The molecule has 0 unspecified atom stereocenters. The van der Waals surface area contributed by atoms with Gasteiger partial charge in [0.25, 0.3) is 5.91 Å². The van der Waals surface area contributed by atoms with E-state index in [0.29, 0.717) is 18.8 Å². The molecule has 2 rings (SSSR count). The smallest absolute Gasteiger partial charge is 0.267 e. The van der Waals surface area contributed by atoms with E-state index < -0.39 is 0 Å². The van der Waals surface area contributed by atoms with Gasteiger partial charge >= 0.3 is 0 Å². The molecule has 0 radical (unpaired) electrons. The van der Waals surface area contributed by atoms with E-state index >= 15 is 0 Å². The fourth-order valence-corrected chi connectivity index (χ4v) is 1.69. The summed E-state index contributed by atoms with van der Waals surface area (Å²) in [6.45, 7) is 3.00. The molecule has 4 heteroatoms. The number of hydrogen-bond donors (Lipinski definition) is 2. The molecule has 0 aliphatic carbocycles. The molecule has 1 aromatic heterocycles. The van der Waals surface area contributed by atoms with Crippen molar-refractivity contribution in [3.8, 4) is 5.75 Å². The van der Waals surface area contributed by atoms with Gasteiger partial charge in [0.1, 0.15) is 11.4 Å². The molecule has 0 saturated carbocycles. The maximum Gasteiger partial charge on any atom is 0.267 e. The van der Waals surface area contributed by atoms with Crippen LogP contribution in [-0.2, 0) is 6.54 Å². The molecule has 2 aromatic rings. The van der Waals surface area contributed by atoms with Gasteiger partial charge in [-0.2, -0.15) is 0 Å². The first-order chi connectivity index (χ1) is 8.81. The molecule has 1 heterocycles. The van der Waals surface area contributed by atoms with Gasteiger partial charge in [-0.05, 0) is 25.1 Å². The largest absolute Gasteiger partial charge is 0.494 e. The third-order valence-corrected chi connectivity index (χ3v) is 2.55. The highest BCUT2D eigenvalue weighted by Crippen LogP contribution is 2.17. The molecule has 0 aliphatic rings. The van der Waals surface area contributed by atoms with Gasteiger partial charge in [0.05, 0.1) is 6.61 Å². The van der Waals surface area contributed by atoms with Crippen LogP contribution in [0.5, 0.6) is 5.75 Å². The van der Waals surface area contributed by atoms with Crippen molar-refractivity contribution in [1.82, 2.24) is 10.3 Å². The van der Waals surface area contributed by atoms with Gasteiger partial charge in [-0.3, -0.25) is 4.79 Å². The average molecular weight is 244 g/mol. The van der Waals surface area contributed by atoms with E-state index in [4.69, 9.17) is 4.74 Å². The molecule has 0 fully saturated rings. The summed E-state index contributed by atoms with van der Waals surface area (Å²) in [5.74, 6) is 0.693. The number of benzene rings is 1. The van der Waals surface area contributed by atoms with E-state index in [-0.39, 0.29) is 5.91 Å². The van der Waals surface area contributed by atoms with Gasteiger partial charge in [0.2, 0.25) is 0 Å². The minimum atomic E-state index is -0.119. The number of aromatic nitrogens is 1. The Bertz CT molecular complexity index is 506. The van der Waals surface area contributed by atoms with Crippen LogP contribution in [0.25, 0.3) is 0 Å². The molecule has 0 spiro atoms. The van der Waals surface area contributed by atoms with Crippen LogP contribution in [-0.4, -0.2) is 17.5 Å². The SMILES string of the molecule is CCOc1ccccc1CNC(=O)c1ccc[nH]1. The molecule has 4 nitrogen and oxygen atoms in total. The minimum absolute atomic E-state index is 0.119. The number of aromatic amines is 1. The van der Waals surface area contributed by atoms with Crippen molar-refractivity contribution in [2.24, 2.45) is 0 Å². The van der Waals surface area contributed by atoms with Crippen molar-refractivity contribution < 1.29 is 9.53 Å². The summed E-state index contributed by atoms with van der Waals surface area (Å²) >= 11 is 0. The normalized spacial score (nSPS) is 10.1. The predicted molar refractivity (Wildman–Crippen MR) is 69.6 cm³/mol. The van der Waals surface area contributed by atoms with Gasteiger partial charge in [-0.1, -0.05) is 18.2 Å². The second-order valence-corrected chi connectivity index (χ2v) is 3.81. The Morgan fingerprint density at radius 2 is 2.11 bits per heavy atom. The number of para-hydroxylation sites is 1. The fourth-order valence-electron chi connectivity index (χ4n) is 1.69. The first-order valence-electron chi connectivity index (χ1n) is 5.93. The van der Waals surface area contributed by atoms with Gasteiger partial charge < -0.3 is 15.0 Å². The molecule has 0 bridgehead atoms. The van der Waals surface area contributed by atoms with Crippen molar-refractivity contribution in [3.05, 3.63) is 53.9 Å². The van der Waals surface area contributed by atoms with Gasteiger partial charge in [0.15, 0.2) is 0 Å². The van der Waals surface area contributed by atoms with Crippen LogP contribution >= 0.6 is 0 Å². The number of hydrogen-bond acceptors (Lipinski definition) is 2. The predicted octanol–water partition coefficient (Wildman–Crippen LogP) is 2.34. The van der Waals surface area contributed by atoms with Crippen LogP contribution in [0.15, 0.2) is 42.6 Å². The fraction of sp³-hybridized carbons (Fsp3) is 0.214. The van der Waals surface area contributed by atoms with E-state index in [1.165, 1.54) is 0 Å². The quantitative estimate of drug-likeness (QED) is 0.848. The van der Waals surface area contributed by atoms with Crippen LogP contribution in [0.3, 0.4) is 0 Å². The van der Waals surface area contributed by atoms with Crippen LogP contribution in [0.1, 0.15) is 23.0 Å². The highest BCUT2D eigenvalue weighted by atomic mass is 16.5. The van der Waals surface area contributed by atoms with Crippen LogP contribution in [0.4, 0.5) is 0 Å². The lowest BCUT2D eigenvalue weighted by atomic mass is 10.2. The zero-order chi connectivity index (χ0) is 12.8. The second-order valence-electron chi connectivity index (χ2n) is 3.81. The van der Waals surface area contributed by atoms with E-state index in [0.717, 1.165) is 11.3 Å². The molecular weight excluding hydrogens is 228 g/mol. The molecule has 1 amide bonds. The number of ether oxygens (including phenoxy) is 1. The second kappa shape index (κ2) is 5.91. The topological polar surface area (TPSA) is 54.1 Å². The zero-order valence-electron chi connectivity index (χ0n) is 10.3. The summed E-state index contributed by atoms with van der Waals surface area (Å²) < 4.78 is 5.50. The Morgan fingerprint density at radius 1 is 1.28 bits per heavy atom. The number of rotatable bonds is 5. The van der Waals surface area contributed by atoms with Crippen molar-refractivity contribution in [3.63, 3.8) is 0 Å². The van der Waals surface area contributed by atoms with E-state index in [1.807, 2.05) is 31.2 Å². The third-order valence-electron chi connectivity index (χ3n) is 2.55. The van der Waals surface area contributed by atoms with Crippen LogP contribution in [0.2, 0.25) is 0 Å². The molecule has 1 aromatic carbocycles. The van der Waals surface area contributed by atoms with E-state index in [2.05, 4.69) is 10.3 Å². The van der Waals surface area contributed by atoms with Crippen molar-refractivity contribution in [2.75, 3.05) is 6.61 Å². The monoisotopic (exact) mass is 244 g/mol. The summed E-state index contributed by atoms with van der Waals surface area (Å²) in [5, 5.41) is 2.85. The first-order valence-corrected chi connectivity index (χ1v) is 5.93. The zero-order valence-corrected chi connectivity index (χ0v) is 10.3. The Morgan fingerprint density at radius 3 is 2.83 bits per heavy atom. The lowest BCUT2D eigenvalue weighted by Gasteiger charge is -2.10. The molecule has 94 valence electrons. The Balaban J connectivity index is 2.00. The molecule has 18 heavy (non-hydrogen) atoms. The molecule has 0 aliphatic heterocycles. The highest BCUT2D eigenvalue weighted by Gasteiger charge is 2.07. The minimum Gasteiger partial charge on any atom is -0.494 e. The van der Waals surface area contributed by atoms with Gasteiger partial charge in [0, 0.05) is 18.3 Å². The standard InChI is InChI=1S/C14H16N2O2/c1-2-18-13-8-4-3-6-11(13)10-16-14(17)12-7-5-9-15-12/h3-9,15H,2,10H2,1H3,(H,16,17). The average Bonchev–Trinajstić information content (AvgIpc) is 2.92. The van der Waals surface area contributed by atoms with Crippen molar-refractivity contribution in [2.45, 2.75) is 13.5 Å². The number of nitrogens with one attached hydrogen (secondary N) is 2. The Hall–Kier alpha value is -2.23. The number of carbonyl (C=O) groups is 1. The summed E-state index contributed by atoms with van der Waals surface area (Å²) in [7, 11) is 0.